The van der Waals surface area contributed by atoms with E-state index >= 15 is 0 Å². The molecule has 0 saturated heterocycles. The molecule has 0 radical (unpaired) electrons. The third-order valence-corrected chi connectivity index (χ3v) is 5.53. The Morgan fingerprint density at radius 3 is 2.67 bits per heavy atom. The van der Waals surface area contributed by atoms with Crippen molar-refractivity contribution < 1.29 is 0 Å². The van der Waals surface area contributed by atoms with Gasteiger partial charge in [0, 0.05) is 51.4 Å². The van der Waals surface area contributed by atoms with Gasteiger partial charge in [0.15, 0.2) is 5.96 Å². The Bertz CT molecular complexity index is 717. The monoisotopic (exact) mass is 431 g/mol. The average molecular weight is 432 g/mol. The molecule has 2 rings (SSSR count). The minimum atomic E-state index is 0.796. The number of hydrogen-bond donors (Lipinski definition) is 2. The summed E-state index contributed by atoms with van der Waals surface area (Å²) in [6.45, 7) is 9.67. The number of benzene rings is 1. The Morgan fingerprint density at radius 1 is 1.13 bits per heavy atom. The number of rotatable bonds is 14. The highest BCUT2D eigenvalue weighted by molar-refractivity contribution is 7.98. The lowest BCUT2D eigenvalue weighted by molar-refractivity contribution is 0.630. The molecule has 1 aromatic heterocycles. The molecule has 30 heavy (non-hydrogen) atoms. The van der Waals surface area contributed by atoms with Gasteiger partial charge in [-0.3, -0.25) is 4.99 Å². The van der Waals surface area contributed by atoms with Crippen molar-refractivity contribution >= 4 is 23.4 Å². The van der Waals surface area contributed by atoms with Gasteiger partial charge in [0.1, 0.15) is 12.2 Å². The Labute approximate surface area is 185 Å². The molecule has 0 fully saturated rings. The van der Waals surface area contributed by atoms with Gasteiger partial charge in [0.25, 0.3) is 0 Å². The van der Waals surface area contributed by atoms with Gasteiger partial charge >= 0.3 is 0 Å². The molecule has 0 saturated carbocycles. The Kier molecular flexibility index (Phi) is 11.8. The SMILES string of the molecule is CCc1nncn1CCNC(=NCCCN(CC)c1ccccc1)NCCCSC. The van der Waals surface area contributed by atoms with Gasteiger partial charge in [0.05, 0.1) is 0 Å². The van der Waals surface area contributed by atoms with Gasteiger partial charge in [-0.1, -0.05) is 25.1 Å². The molecule has 0 aliphatic heterocycles. The van der Waals surface area contributed by atoms with Crippen molar-refractivity contribution in [3.05, 3.63) is 42.5 Å². The minimum Gasteiger partial charge on any atom is -0.372 e. The predicted octanol–water partition coefficient (Wildman–Crippen LogP) is 3.05. The second-order valence-electron chi connectivity index (χ2n) is 6.99. The number of hydrogen-bond acceptors (Lipinski definition) is 5. The summed E-state index contributed by atoms with van der Waals surface area (Å²) >= 11 is 1.88. The summed E-state index contributed by atoms with van der Waals surface area (Å²) < 4.78 is 2.09. The number of thioether (sulfide) groups is 1. The fraction of sp³-hybridized carbons (Fsp3) is 0.591. The highest BCUT2D eigenvalue weighted by Crippen LogP contribution is 2.12. The van der Waals surface area contributed by atoms with Crippen LogP contribution in [-0.2, 0) is 13.0 Å². The molecule has 0 unspecified atom stereocenters. The molecule has 7 nitrogen and oxygen atoms in total. The van der Waals surface area contributed by atoms with Crippen LogP contribution in [0.4, 0.5) is 5.69 Å². The molecule has 8 heteroatoms. The van der Waals surface area contributed by atoms with Gasteiger partial charge < -0.3 is 20.1 Å². The second kappa shape index (κ2) is 14.7. The van der Waals surface area contributed by atoms with Crippen LogP contribution in [0.3, 0.4) is 0 Å². The highest BCUT2D eigenvalue weighted by Gasteiger charge is 2.04. The molecular formula is C22H37N7S. The zero-order chi connectivity index (χ0) is 21.4. The number of aliphatic imine (C=N–C) groups is 1. The molecule has 2 aromatic rings. The van der Waals surface area contributed by atoms with Crippen LogP contribution < -0.4 is 15.5 Å². The molecule has 1 heterocycles. The van der Waals surface area contributed by atoms with Crippen LogP contribution >= 0.6 is 11.8 Å². The number of para-hydroxylation sites is 1. The smallest absolute Gasteiger partial charge is 0.191 e. The Morgan fingerprint density at radius 2 is 1.93 bits per heavy atom. The minimum absolute atomic E-state index is 0.796. The van der Waals surface area contributed by atoms with Gasteiger partial charge in [-0.05, 0) is 43.9 Å². The van der Waals surface area contributed by atoms with Gasteiger partial charge in [-0.2, -0.15) is 11.8 Å². The number of aryl methyl sites for hydroxylation is 1. The number of aromatic nitrogens is 3. The van der Waals surface area contributed by atoms with Crippen molar-refractivity contribution in [3.63, 3.8) is 0 Å². The van der Waals surface area contributed by atoms with E-state index in [2.05, 4.69) is 80.7 Å². The zero-order valence-corrected chi connectivity index (χ0v) is 19.5. The normalized spacial score (nSPS) is 11.5. The van der Waals surface area contributed by atoms with Crippen molar-refractivity contribution in [2.24, 2.45) is 4.99 Å². The molecule has 0 bridgehead atoms. The van der Waals surface area contributed by atoms with Crippen molar-refractivity contribution in [3.8, 4) is 0 Å². The first-order valence-corrected chi connectivity index (χ1v) is 12.4. The average Bonchev–Trinajstić information content (AvgIpc) is 3.24. The highest BCUT2D eigenvalue weighted by atomic mass is 32.2. The van der Waals surface area contributed by atoms with E-state index in [-0.39, 0.29) is 0 Å². The van der Waals surface area contributed by atoms with Crippen LogP contribution in [0, 0.1) is 0 Å². The third-order valence-electron chi connectivity index (χ3n) is 4.83. The summed E-state index contributed by atoms with van der Waals surface area (Å²) in [5.41, 5.74) is 1.28. The van der Waals surface area contributed by atoms with E-state index in [1.165, 1.54) is 5.69 Å². The van der Waals surface area contributed by atoms with E-state index < -0.39 is 0 Å². The van der Waals surface area contributed by atoms with Crippen LogP contribution in [-0.4, -0.2) is 65.5 Å². The lowest BCUT2D eigenvalue weighted by Gasteiger charge is -2.22. The van der Waals surface area contributed by atoms with E-state index in [0.717, 1.165) is 76.1 Å². The van der Waals surface area contributed by atoms with Crippen molar-refractivity contribution in [1.82, 2.24) is 25.4 Å². The molecule has 0 aliphatic rings. The summed E-state index contributed by atoms with van der Waals surface area (Å²) in [4.78, 5) is 7.20. The van der Waals surface area contributed by atoms with Crippen LogP contribution in [0.5, 0.6) is 0 Å². The molecule has 2 N–H and O–H groups in total. The van der Waals surface area contributed by atoms with Crippen LogP contribution in [0.1, 0.15) is 32.5 Å². The number of guanidine groups is 1. The molecule has 166 valence electrons. The summed E-state index contributed by atoms with van der Waals surface area (Å²) in [5, 5.41) is 15.1. The molecular weight excluding hydrogens is 394 g/mol. The molecule has 0 aliphatic carbocycles. The second-order valence-corrected chi connectivity index (χ2v) is 7.98. The molecule has 1 aromatic carbocycles. The van der Waals surface area contributed by atoms with E-state index in [1.54, 1.807) is 6.33 Å². The number of nitrogens with zero attached hydrogens (tertiary/aromatic N) is 5. The fourth-order valence-electron chi connectivity index (χ4n) is 3.19. The first-order valence-electron chi connectivity index (χ1n) is 11.0. The maximum Gasteiger partial charge on any atom is 0.191 e. The Hall–Kier alpha value is -2.22. The summed E-state index contributed by atoms with van der Waals surface area (Å²) in [6, 6.07) is 10.6. The summed E-state index contributed by atoms with van der Waals surface area (Å²) in [6.07, 6.45) is 6.98. The van der Waals surface area contributed by atoms with Gasteiger partial charge in [-0.25, -0.2) is 0 Å². The molecule has 0 atom stereocenters. The van der Waals surface area contributed by atoms with Crippen molar-refractivity contribution in [1.29, 1.82) is 0 Å². The lowest BCUT2D eigenvalue weighted by atomic mass is 10.2. The summed E-state index contributed by atoms with van der Waals surface area (Å²) in [5.74, 6) is 3.07. The van der Waals surface area contributed by atoms with Crippen molar-refractivity contribution in [2.45, 2.75) is 39.7 Å². The number of nitrogens with one attached hydrogen (secondary N) is 2. The van der Waals surface area contributed by atoms with E-state index in [4.69, 9.17) is 4.99 Å². The van der Waals surface area contributed by atoms with E-state index in [1.807, 2.05) is 11.8 Å². The lowest BCUT2D eigenvalue weighted by Crippen LogP contribution is -2.40. The van der Waals surface area contributed by atoms with Crippen molar-refractivity contribution in [2.75, 3.05) is 49.6 Å². The van der Waals surface area contributed by atoms with E-state index in [9.17, 15) is 0 Å². The fourth-order valence-corrected chi connectivity index (χ4v) is 3.63. The zero-order valence-electron chi connectivity index (χ0n) is 18.7. The third kappa shape index (κ3) is 8.65. The Balaban J connectivity index is 1.81. The maximum absolute atomic E-state index is 4.80. The first kappa shape index (κ1) is 24.1. The first-order chi connectivity index (χ1) is 14.8. The molecule has 0 amide bonds. The van der Waals surface area contributed by atoms with Crippen LogP contribution in [0.25, 0.3) is 0 Å². The van der Waals surface area contributed by atoms with Gasteiger partial charge in [0.2, 0.25) is 0 Å². The van der Waals surface area contributed by atoms with Crippen LogP contribution in [0.15, 0.2) is 41.7 Å². The topological polar surface area (TPSA) is 70.4 Å². The number of anilines is 1. The molecule has 0 spiro atoms. The summed E-state index contributed by atoms with van der Waals surface area (Å²) in [7, 11) is 0. The van der Waals surface area contributed by atoms with Crippen LogP contribution in [0.2, 0.25) is 0 Å². The van der Waals surface area contributed by atoms with E-state index in [0.29, 0.717) is 0 Å². The quantitative estimate of drug-likeness (QED) is 0.272. The van der Waals surface area contributed by atoms with Gasteiger partial charge in [-0.15, -0.1) is 10.2 Å². The largest absolute Gasteiger partial charge is 0.372 e. The predicted molar refractivity (Wildman–Crippen MR) is 130 cm³/mol. The maximum atomic E-state index is 4.80. The standard InChI is InChI=1S/C22H37N7S/c1-4-21-27-26-19-29(21)17-15-25-22(24-14-10-18-30-3)23-13-9-16-28(5-2)20-11-7-6-8-12-20/h6-8,11-12,19H,4-5,9-10,13-18H2,1-3H3,(H2,23,24,25).